The molecule has 1 fully saturated rings. The van der Waals surface area contributed by atoms with E-state index in [1.165, 1.54) is 19.3 Å². The van der Waals surface area contributed by atoms with Gasteiger partial charge in [0, 0.05) is 12.1 Å². The van der Waals surface area contributed by atoms with Crippen LogP contribution in [0.1, 0.15) is 39.0 Å². The van der Waals surface area contributed by atoms with Crippen molar-refractivity contribution in [1.82, 2.24) is 5.32 Å². The second kappa shape index (κ2) is 6.08. The summed E-state index contributed by atoms with van der Waals surface area (Å²) >= 11 is 0. The Bertz CT molecular complexity index is 201. The third-order valence-corrected chi connectivity index (χ3v) is 3.11. The third kappa shape index (κ3) is 3.80. The van der Waals surface area contributed by atoms with Crippen LogP contribution in [0.3, 0.4) is 0 Å². The van der Waals surface area contributed by atoms with E-state index in [2.05, 4.69) is 5.32 Å². The number of hydrogen-bond acceptors (Lipinski definition) is 4. The van der Waals surface area contributed by atoms with Crippen LogP contribution in [-0.4, -0.2) is 31.2 Å². The van der Waals surface area contributed by atoms with Gasteiger partial charge in [0.1, 0.15) is 0 Å². The van der Waals surface area contributed by atoms with Crippen molar-refractivity contribution in [3.63, 3.8) is 0 Å². The van der Waals surface area contributed by atoms with E-state index in [0.717, 1.165) is 12.8 Å². The summed E-state index contributed by atoms with van der Waals surface area (Å²) in [5.41, 5.74) is 5.76. The summed E-state index contributed by atoms with van der Waals surface area (Å²) in [5.74, 6) is -0.184. The first-order chi connectivity index (χ1) is 7.22. The van der Waals surface area contributed by atoms with Crippen LogP contribution in [0, 0.1) is 0 Å². The predicted octanol–water partition coefficient (Wildman–Crippen LogP) is 0.801. The van der Waals surface area contributed by atoms with Crippen molar-refractivity contribution in [3.8, 4) is 0 Å². The van der Waals surface area contributed by atoms with Crippen LogP contribution in [0.4, 0.5) is 0 Å². The van der Waals surface area contributed by atoms with Crippen molar-refractivity contribution >= 4 is 5.97 Å². The first-order valence-electron chi connectivity index (χ1n) is 5.83. The maximum atomic E-state index is 11.2. The Morgan fingerprint density at radius 1 is 1.40 bits per heavy atom. The highest BCUT2D eigenvalue weighted by atomic mass is 16.5. The quantitative estimate of drug-likeness (QED) is 0.664. The summed E-state index contributed by atoms with van der Waals surface area (Å²) in [6, 6.07) is 0. The van der Waals surface area contributed by atoms with E-state index in [-0.39, 0.29) is 18.1 Å². The molecule has 1 rings (SSSR count). The molecule has 0 heterocycles. The molecular formula is C11H22N2O2. The molecule has 1 saturated carbocycles. The molecule has 0 bridgehead atoms. The highest BCUT2D eigenvalue weighted by Gasteiger charge is 2.30. The van der Waals surface area contributed by atoms with Gasteiger partial charge in [-0.05, 0) is 19.8 Å². The molecule has 15 heavy (non-hydrogen) atoms. The van der Waals surface area contributed by atoms with Crippen LogP contribution in [0.5, 0.6) is 0 Å². The van der Waals surface area contributed by atoms with Gasteiger partial charge in [0.15, 0.2) is 0 Å². The second-order valence-electron chi connectivity index (χ2n) is 4.20. The maximum absolute atomic E-state index is 11.2. The molecule has 1 aliphatic carbocycles. The molecule has 88 valence electrons. The number of hydrogen-bond donors (Lipinski definition) is 2. The third-order valence-electron chi connectivity index (χ3n) is 3.11. The van der Waals surface area contributed by atoms with Crippen molar-refractivity contribution in [3.05, 3.63) is 0 Å². The Morgan fingerprint density at radius 3 is 2.60 bits per heavy atom. The van der Waals surface area contributed by atoms with Crippen LogP contribution < -0.4 is 11.1 Å². The molecule has 4 heteroatoms. The molecule has 0 aromatic carbocycles. The van der Waals surface area contributed by atoms with Crippen molar-refractivity contribution in [2.45, 2.75) is 44.6 Å². The predicted molar refractivity (Wildman–Crippen MR) is 59.5 cm³/mol. The van der Waals surface area contributed by atoms with E-state index in [9.17, 15) is 4.79 Å². The molecule has 0 aromatic heterocycles. The number of nitrogens with two attached hydrogens (primary N) is 1. The molecule has 0 aromatic rings. The number of nitrogens with one attached hydrogen (secondary N) is 1. The van der Waals surface area contributed by atoms with Gasteiger partial charge in [-0.2, -0.15) is 0 Å². The van der Waals surface area contributed by atoms with Crippen molar-refractivity contribution in [2.75, 3.05) is 19.7 Å². The zero-order chi connectivity index (χ0) is 11.1. The molecule has 0 amide bonds. The summed E-state index contributed by atoms with van der Waals surface area (Å²) in [6.07, 6.45) is 5.83. The topological polar surface area (TPSA) is 64.3 Å². The summed E-state index contributed by atoms with van der Waals surface area (Å²) in [4.78, 5) is 11.2. The van der Waals surface area contributed by atoms with E-state index >= 15 is 0 Å². The zero-order valence-electron chi connectivity index (χ0n) is 9.55. The Kier molecular flexibility index (Phi) is 5.05. The molecule has 1 aliphatic rings. The monoisotopic (exact) mass is 214 g/mol. The lowest BCUT2D eigenvalue weighted by Gasteiger charge is -2.37. The van der Waals surface area contributed by atoms with Gasteiger partial charge in [-0.3, -0.25) is 4.79 Å². The minimum atomic E-state index is -0.184. The van der Waals surface area contributed by atoms with Gasteiger partial charge in [0.25, 0.3) is 0 Å². The number of carbonyl (C=O) groups is 1. The second-order valence-corrected chi connectivity index (χ2v) is 4.20. The number of ether oxygens (including phenoxy) is 1. The fourth-order valence-electron chi connectivity index (χ4n) is 2.15. The minimum Gasteiger partial charge on any atom is -0.465 e. The van der Waals surface area contributed by atoms with Crippen molar-refractivity contribution in [2.24, 2.45) is 5.73 Å². The summed E-state index contributed by atoms with van der Waals surface area (Å²) in [7, 11) is 0. The van der Waals surface area contributed by atoms with Gasteiger partial charge in [-0.1, -0.05) is 19.3 Å². The lowest BCUT2D eigenvalue weighted by molar-refractivity contribution is -0.142. The first kappa shape index (κ1) is 12.5. The average molecular weight is 214 g/mol. The van der Waals surface area contributed by atoms with E-state index < -0.39 is 0 Å². The summed E-state index contributed by atoms with van der Waals surface area (Å²) < 4.78 is 4.88. The molecular weight excluding hydrogens is 192 g/mol. The number of esters is 1. The van der Waals surface area contributed by atoms with Gasteiger partial charge in [0.05, 0.1) is 13.2 Å². The lowest BCUT2D eigenvalue weighted by Crippen LogP contribution is -2.54. The fraction of sp³-hybridized carbons (Fsp3) is 0.909. The Morgan fingerprint density at radius 2 is 2.07 bits per heavy atom. The van der Waals surface area contributed by atoms with E-state index in [0.29, 0.717) is 13.2 Å². The van der Waals surface area contributed by atoms with Crippen LogP contribution in [0.15, 0.2) is 0 Å². The number of carbonyl (C=O) groups excluding carboxylic acids is 1. The minimum absolute atomic E-state index is 0.0228. The van der Waals surface area contributed by atoms with Crippen LogP contribution in [-0.2, 0) is 9.53 Å². The highest BCUT2D eigenvalue weighted by Crippen LogP contribution is 2.26. The van der Waals surface area contributed by atoms with Crippen molar-refractivity contribution in [1.29, 1.82) is 0 Å². The zero-order valence-corrected chi connectivity index (χ0v) is 9.55. The van der Waals surface area contributed by atoms with Crippen LogP contribution >= 0.6 is 0 Å². The van der Waals surface area contributed by atoms with Gasteiger partial charge in [-0.15, -0.1) is 0 Å². The Balaban J connectivity index is 2.35. The number of rotatable bonds is 5. The largest absolute Gasteiger partial charge is 0.465 e. The highest BCUT2D eigenvalue weighted by molar-refractivity contribution is 5.71. The summed E-state index contributed by atoms with van der Waals surface area (Å²) in [6.45, 7) is 3.14. The first-order valence-corrected chi connectivity index (χ1v) is 5.83. The lowest BCUT2D eigenvalue weighted by atomic mass is 9.82. The van der Waals surface area contributed by atoms with Gasteiger partial charge < -0.3 is 15.8 Å². The summed E-state index contributed by atoms with van der Waals surface area (Å²) in [5, 5.41) is 3.27. The Labute approximate surface area is 91.5 Å². The molecule has 0 spiro atoms. The SMILES string of the molecule is CCOC(=O)CNC1(CN)CCCCC1. The van der Waals surface area contributed by atoms with E-state index in [1.54, 1.807) is 0 Å². The normalized spacial score (nSPS) is 19.9. The smallest absolute Gasteiger partial charge is 0.319 e. The van der Waals surface area contributed by atoms with E-state index in [4.69, 9.17) is 10.5 Å². The fourth-order valence-corrected chi connectivity index (χ4v) is 2.15. The standard InChI is InChI=1S/C11H22N2O2/c1-2-15-10(14)8-13-11(9-12)6-4-3-5-7-11/h13H,2-9,12H2,1H3. The van der Waals surface area contributed by atoms with Gasteiger partial charge in [0.2, 0.25) is 0 Å². The molecule has 0 atom stereocenters. The van der Waals surface area contributed by atoms with Crippen LogP contribution in [0.25, 0.3) is 0 Å². The van der Waals surface area contributed by atoms with Crippen molar-refractivity contribution < 1.29 is 9.53 Å². The Hall–Kier alpha value is -0.610. The van der Waals surface area contributed by atoms with Gasteiger partial charge >= 0.3 is 5.97 Å². The average Bonchev–Trinajstić information content (AvgIpc) is 2.28. The molecule has 0 radical (unpaired) electrons. The molecule has 0 aliphatic heterocycles. The molecule has 0 unspecified atom stereocenters. The molecule has 0 saturated heterocycles. The van der Waals surface area contributed by atoms with Crippen LogP contribution in [0.2, 0.25) is 0 Å². The van der Waals surface area contributed by atoms with E-state index in [1.807, 2.05) is 6.92 Å². The molecule has 3 N–H and O–H groups in total. The van der Waals surface area contributed by atoms with Gasteiger partial charge in [-0.25, -0.2) is 0 Å². The molecule has 4 nitrogen and oxygen atoms in total. The maximum Gasteiger partial charge on any atom is 0.319 e.